The maximum atomic E-state index is 4.05. The molecule has 0 saturated heterocycles. The smallest absolute Gasteiger partial charge is 0.132 e. The molecule has 1 N–H and O–H groups in total. The molecule has 0 bridgehead atoms. The van der Waals surface area contributed by atoms with Crippen molar-refractivity contribution >= 4 is 5.82 Å². The van der Waals surface area contributed by atoms with Gasteiger partial charge in [0.2, 0.25) is 0 Å². The Balaban J connectivity index is 2.81. The zero-order valence-corrected chi connectivity index (χ0v) is 6.26. The first kappa shape index (κ1) is 6.99. The molecule has 3 nitrogen and oxygen atoms in total. The highest BCUT2D eigenvalue weighted by molar-refractivity contribution is 5.40. The summed E-state index contributed by atoms with van der Waals surface area (Å²) in [6, 6.07) is 0. The molecule has 0 amide bonds. The Kier molecular flexibility index (Phi) is 2.20. The van der Waals surface area contributed by atoms with Gasteiger partial charge in [-0.1, -0.05) is 0 Å². The minimum Gasteiger partial charge on any atom is -0.370 e. The average molecular weight is 137 g/mol. The van der Waals surface area contributed by atoms with Crippen LogP contribution in [-0.2, 0) is 0 Å². The number of aryl methyl sites for hydroxylation is 1. The Morgan fingerprint density at radius 1 is 1.60 bits per heavy atom. The van der Waals surface area contributed by atoms with Crippen LogP contribution in [0.2, 0.25) is 0 Å². The molecule has 0 aliphatic carbocycles. The van der Waals surface area contributed by atoms with Crippen molar-refractivity contribution in [3.63, 3.8) is 0 Å². The number of aromatic nitrogens is 2. The van der Waals surface area contributed by atoms with E-state index in [9.17, 15) is 0 Å². The lowest BCUT2D eigenvalue weighted by Crippen LogP contribution is -2.01. The van der Waals surface area contributed by atoms with E-state index in [4.69, 9.17) is 0 Å². The van der Waals surface area contributed by atoms with Crippen LogP contribution in [0.15, 0.2) is 12.5 Å². The van der Waals surface area contributed by atoms with Gasteiger partial charge in [-0.2, -0.15) is 0 Å². The average Bonchev–Trinajstić information content (AvgIpc) is 1.94. The molecule has 0 radical (unpaired) electrons. The molecule has 0 aliphatic rings. The molecule has 54 valence electrons. The van der Waals surface area contributed by atoms with E-state index in [0.29, 0.717) is 0 Å². The maximum Gasteiger partial charge on any atom is 0.132 e. The molecule has 0 spiro atoms. The first-order valence-electron chi connectivity index (χ1n) is 3.35. The molecule has 0 atom stereocenters. The van der Waals surface area contributed by atoms with E-state index < -0.39 is 0 Å². The van der Waals surface area contributed by atoms with E-state index in [-0.39, 0.29) is 0 Å². The van der Waals surface area contributed by atoms with E-state index in [1.165, 1.54) is 0 Å². The number of nitrogens with one attached hydrogen (secondary N) is 1. The van der Waals surface area contributed by atoms with Gasteiger partial charge in [-0.05, 0) is 13.8 Å². The Labute approximate surface area is 60.5 Å². The molecule has 1 heterocycles. The SMILES string of the molecule is CCNc1ncncc1C. The summed E-state index contributed by atoms with van der Waals surface area (Å²) in [4.78, 5) is 7.92. The van der Waals surface area contributed by atoms with Crippen molar-refractivity contribution in [2.75, 3.05) is 11.9 Å². The first-order chi connectivity index (χ1) is 4.84. The van der Waals surface area contributed by atoms with Crippen molar-refractivity contribution in [2.45, 2.75) is 13.8 Å². The fourth-order valence-electron chi connectivity index (χ4n) is 0.752. The summed E-state index contributed by atoms with van der Waals surface area (Å²) in [5, 5.41) is 3.12. The molecule has 1 aromatic rings. The second-order valence-electron chi connectivity index (χ2n) is 2.08. The lowest BCUT2D eigenvalue weighted by Gasteiger charge is -2.02. The normalized spacial score (nSPS) is 9.40. The predicted molar refractivity (Wildman–Crippen MR) is 40.9 cm³/mol. The van der Waals surface area contributed by atoms with Crippen LogP contribution in [0.4, 0.5) is 5.82 Å². The molecule has 0 saturated carbocycles. The van der Waals surface area contributed by atoms with Gasteiger partial charge in [-0.15, -0.1) is 0 Å². The molecule has 1 rings (SSSR count). The number of hydrogen-bond donors (Lipinski definition) is 1. The highest BCUT2D eigenvalue weighted by Crippen LogP contribution is 2.05. The van der Waals surface area contributed by atoms with Gasteiger partial charge in [0.05, 0.1) is 0 Å². The minimum atomic E-state index is 0.901. The van der Waals surface area contributed by atoms with Crippen molar-refractivity contribution in [3.8, 4) is 0 Å². The lowest BCUT2D eigenvalue weighted by atomic mass is 10.3. The Morgan fingerprint density at radius 2 is 2.40 bits per heavy atom. The fraction of sp³-hybridized carbons (Fsp3) is 0.429. The largest absolute Gasteiger partial charge is 0.370 e. The third kappa shape index (κ3) is 1.43. The van der Waals surface area contributed by atoms with Crippen LogP contribution in [0.5, 0.6) is 0 Å². The van der Waals surface area contributed by atoms with Crippen LogP contribution < -0.4 is 5.32 Å². The summed E-state index contributed by atoms with van der Waals surface area (Å²) in [5.74, 6) is 0.928. The summed E-state index contributed by atoms with van der Waals surface area (Å²) < 4.78 is 0. The van der Waals surface area contributed by atoms with Crippen LogP contribution in [0.1, 0.15) is 12.5 Å². The number of hydrogen-bond acceptors (Lipinski definition) is 3. The number of anilines is 1. The molecule has 0 fully saturated rings. The second kappa shape index (κ2) is 3.15. The van der Waals surface area contributed by atoms with Gasteiger partial charge in [0, 0.05) is 18.3 Å². The number of rotatable bonds is 2. The van der Waals surface area contributed by atoms with Crippen molar-refractivity contribution in [1.29, 1.82) is 0 Å². The Hall–Kier alpha value is -1.12. The molecule has 3 heteroatoms. The standard InChI is InChI=1S/C7H11N3/c1-3-9-7-6(2)4-8-5-10-7/h4-5H,3H2,1-2H3,(H,8,9,10). The summed E-state index contributed by atoms with van der Waals surface area (Å²) in [6.07, 6.45) is 3.34. The topological polar surface area (TPSA) is 37.8 Å². The van der Waals surface area contributed by atoms with Crippen LogP contribution in [0.3, 0.4) is 0 Å². The third-order valence-corrected chi connectivity index (χ3v) is 1.24. The fourth-order valence-corrected chi connectivity index (χ4v) is 0.752. The van der Waals surface area contributed by atoms with Gasteiger partial charge >= 0.3 is 0 Å². The monoisotopic (exact) mass is 137 g/mol. The lowest BCUT2D eigenvalue weighted by molar-refractivity contribution is 1.08. The number of nitrogens with zero attached hydrogens (tertiary/aromatic N) is 2. The molecular formula is C7H11N3. The molecule has 1 aromatic heterocycles. The van der Waals surface area contributed by atoms with Crippen molar-refractivity contribution in [2.24, 2.45) is 0 Å². The van der Waals surface area contributed by atoms with Crippen molar-refractivity contribution in [1.82, 2.24) is 9.97 Å². The van der Waals surface area contributed by atoms with Crippen molar-refractivity contribution in [3.05, 3.63) is 18.1 Å². The van der Waals surface area contributed by atoms with E-state index in [1.54, 1.807) is 12.5 Å². The van der Waals surface area contributed by atoms with Gasteiger partial charge in [0.1, 0.15) is 12.1 Å². The van der Waals surface area contributed by atoms with Crippen LogP contribution in [-0.4, -0.2) is 16.5 Å². The van der Waals surface area contributed by atoms with Gasteiger partial charge < -0.3 is 5.32 Å². The Bertz CT molecular complexity index is 210. The van der Waals surface area contributed by atoms with Crippen molar-refractivity contribution < 1.29 is 0 Å². The van der Waals surface area contributed by atoms with Crippen LogP contribution in [0.25, 0.3) is 0 Å². The summed E-state index contributed by atoms with van der Waals surface area (Å²) in [6.45, 7) is 4.93. The quantitative estimate of drug-likeness (QED) is 0.666. The predicted octanol–water partition coefficient (Wildman–Crippen LogP) is 1.22. The third-order valence-electron chi connectivity index (χ3n) is 1.24. The molecule has 0 aliphatic heterocycles. The molecular weight excluding hydrogens is 126 g/mol. The molecule has 0 aromatic carbocycles. The van der Waals surface area contributed by atoms with E-state index in [1.807, 2.05) is 13.8 Å². The Morgan fingerprint density at radius 3 is 3.00 bits per heavy atom. The van der Waals surface area contributed by atoms with Crippen LogP contribution in [0, 0.1) is 6.92 Å². The second-order valence-corrected chi connectivity index (χ2v) is 2.08. The van der Waals surface area contributed by atoms with Gasteiger partial charge in [-0.25, -0.2) is 9.97 Å². The van der Waals surface area contributed by atoms with E-state index in [0.717, 1.165) is 17.9 Å². The van der Waals surface area contributed by atoms with Gasteiger partial charge in [-0.3, -0.25) is 0 Å². The van der Waals surface area contributed by atoms with Crippen LogP contribution >= 0.6 is 0 Å². The van der Waals surface area contributed by atoms with Gasteiger partial charge in [0.25, 0.3) is 0 Å². The summed E-state index contributed by atoms with van der Waals surface area (Å²) in [5.41, 5.74) is 1.09. The molecule has 0 unspecified atom stereocenters. The summed E-state index contributed by atoms with van der Waals surface area (Å²) in [7, 11) is 0. The highest BCUT2D eigenvalue weighted by atomic mass is 15.0. The zero-order chi connectivity index (χ0) is 7.40. The van der Waals surface area contributed by atoms with Gasteiger partial charge in [0.15, 0.2) is 0 Å². The first-order valence-corrected chi connectivity index (χ1v) is 3.35. The maximum absolute atomic E-state index is 4.05. The minimum absolute atomic E-state index is 0.901. The summed E-state index contributed by atoms with van der Waals surface area (Å²) >= 11 is 0. The zero-order valence-electron chi connectivity index (χ0n) is 6.26. The van der Waals surface area contributed by atoms with E-state index >= 15 is 0 Å². The molecule has 10 heavy (non-hydrogen) atoms. The van der Waals surface area contributed by atoms with E-state index in [2.05, 4.69) is 15.3 Å². The highest BCUT2D eigenvalue weighted by Gasteiger charge is 1.93.